The van der Waals surface area contributed by atoms with Crippen LogP contribution in [0.2, 0.25) is 10.0 Å². The molecule has 0 spiro atoms. The number of aromatic nitrogens is 3. The molecule has 0 amide bonds. The second-order valence-corrected chi connectivity index (χ2v) is 8.62. The minimum absolute atomic E-state index is 0.183. The minimum atomic E-state index is -1.26. The molecule has 0 saturated carbocycles. The topological polar surface area (TPSA) is 60.2 Å². The minimum Gasteiger partial charge on any atom is -0.497 e. The molecule has 2 unspecified atom stereocenters. The van der Waals surface area contributed by atoms with Crippen molar-refractivity contribution < 1.29 is 9.84 Å². The highest BCUT2D eigenvalue weighted by atomic mass is 35.5. The van der Waals surface area contributed by atoms with Gasteiger partial charge in [0.2, 0.25) is 0 Å². The fourth-order valence-corrected chi connectivity index (χ4v) is 4.60. The molecule has 1 N–H and O–H groups in total. The SMILES string of the molecule is COc1ccc(CSC(C)C(O)(Cn2cncn2)c2ccc(Cl)cc2Cl)cc1. The first-order chi connectivity index (χ1) is 13.4. The molecule has 0 radical (unpaired) electrons. The average Bonchev–Trinajstić information content (AvgIpc) is 3.19. The number of methoxy groups -OCH3 is 1. The lowest BCUT2D eigenvalue weighted by atomic mass is 9.90. The summed E-state index contributed by atoms with van der Waals surface area (Å²) in [5, 5.41) is 16.6. The summed E-state index contributed by atoms with van der Waals surface area (Å²) in [4.78, 5) is 3.97. The van der Waals surface area contributed by atoms with Crippen molar-refractivity contribution in [3.05, 3.63) is 76.3 Å². The zero-order chi connectivity index (χ0) is 20.1. The lowest BCUT2D eigenvalue weighted by Gasteiger charge is -2.35. The molecule has 148 valence electrons. The van der Waals surface area contributed by atoms with Crippen LogP contribution < -0.4 is 4.74 Å². The first-order valence-corrected chi connectivity index (χ1v) is 10.5. The summed E-state index contributed by atoms with van der Waals surface area (Å²) < 4.78 is 6.81. The van der Waals surface area contributed by atoms with Crippen LogP contribution in [-0.2, 0) is 17.9 Å². The van der Waals surface area contributed by atoms with E-state index in [0.717, 1.165) is 17.1 Å². The number of hydrogen-bond donors (Lipinski definition) is 1. The van der Waals surface area contributed by atoms with E-state index in [0.29, 0.717) is 15.6 Å². The van der Waals surface area contributed by atoms with Crippen LogP contribution in [-0.4, -0.2) is 32.2 Å². The van der Waals surface area contributed by atoms with E-state index >= 15 is 0 Å². The van der Waals surface area contributed by atoms with E-state index in [-0.39, 0.29) is 11.8 Å². The molecule has 5 nitrogen and oxygen atoms in total. The largest absolute Gasteiger partial charge is 0.497 e. The number of hydrogen-bond acceptors (Lipinski definition) is 5. The molecule has 0 saturated heterocycles. The van der Waals surface area contributed by atoms with Crippen molar-refractivity contribution in [2.75, 3.05) is 7.11 Å². The number of halogens is 2. The molecule has 0 bridgehead atoms. The lowest BCUT2D eigenvalue weighted by molar-refractivity contribution is 0.0168. The van der Waals surface area contributed by atoms with Crippen molar-refractivity contribution in [3.8, 4) is 5.75 Å². The highest BCUT2D eigenvalue weighted by Gasteiger charge is 2.38. The summed E-state index contributed by atoms with van der Waals surface area (Å²) in [6.45, 7) is 2.21. The van der Waals surface area contributed by atoms with Crippen LogP contribution in [0.1, 0.15) is 18.1 Å². The second-order valence-electron chi connectivity index (χ2n) is 6.44. The zero-order valence-electron chi connectivity index (χ0n) is 15.5. The maximum atomic E-state index is 11.7. The Morgan fingerprint density at radius 3 is 2.57 bits per heavy atom. The van der Waals surface area contributed by atoms with E-state index in [9.17, 15) is 5.11 Å². The normalized spacial score (nSPS) is 14.5. The molecule has 0 aliphatic heterocycles. The summed E-state index contributed by atoms with van der Waals surface area (Å²) in [7, 11) is 1.64. The third-order valence-electron chi connectivity index (χ3n) is 4.60. The van der Waals surface area contributed by atoms with Crippen LogP contribution in [0.25, 0.3) is 0 Å². The van der Waals surface area contributed by atoms with Gasteiger partial charge in [-0.3, -0.25) is 0 Å². The molecule has 1 aromatic heterocycles. The quantitative estimate of drug-likeness (QED) is 0.547. The summed E-state index contributed by atoms with van der Waals surface area (Å²) in [5.41, 5.74) is 0.499. The van der Waals surface area contributed by atoms with E-state index in [2.05, 4.69) is 10.1 Å². The molecule has 28 heavy (non-hydrogen) atoms. The van der Waals surface area contributed by atoms with Gasteiger partial charge in [-0.15, -0.1) is 0 Å². The third-order valence-corrected chi connectivity index (χ3v) is 6.54. The number of benzene rings is 2. The van der Waals surface area contributed by atoms with Crippen LogP contribution >= 0.6 is 35.0 Å². The predicted molar refractivity (Wildman–Crippen MR) is 114 cm³/mol. The van der Waals surface area contributed by atoms with E-state index in [1.54, 1.807) is 48.1 Å². The van der Waals surface area contributed by atoms with E-state index in [4.69, 9.17) is 27.9 Å². The van der Waals surface area contributed by atoms with Crippen molar-refractivity contribution in [3.63, 3.8) is 0 Å². The van der Waals surface area contributed by atoms with E-state index < -0.39 is 5.60 Å². The predicted octanol–water partition coefficient (Wildman–Crippen LogP) is 4.80. The molecule has 0 aliphatic rings. The molecule has 3 aromatic rings. The first-order valence-electron chi connectivity index (χ1n) is 8.67. The van der Waals surface area contributed by atoms with Crippen molar-refractivity contribution >= 4 is 35.0 Å². The van der Waals surface area contributed by atoms with Gasteiger partial charge < -0.3 is 9.84 Å². The van der Waals surface area contributed by atoms with Gasteiger partial charge in [0.1, 0.15) is 24.0 Å². The van der Waals surface area contributed by atoms with Gasteiger partial charge in [-0.05, 0) is 29.8 Å². The van der Waals surface area contributed by atoms with Crippen LogP contribution in [0.3, 0.4) is 0 Å². The van der Waals surface area contributed by atoms with E-state index in [1.165, 1.54) is 6.33 Å². The fraction of sp³-hybridized carbons (Fsp3) is 0.300. The Balaban J connectivity index is 1.84. The van der Waals surface area contributed by atoms with Gasteiger partial charge in [0, 0.05) is 26.6 Å². The molecule has 2 aromatic carbocycles. The number of thioether (sulfide) groups is 1. The monoisotopic (exact) mass is 437 g/mol. The molecule has 2 atom stereocenters. The van der Waals surface area contributed by atoms with Gasteiger partial charge in [0.05, 0.1) is 13.7 Å². The fourth-order valence-electron chi connectivity index (χ4n) is 2.92. The summed E-state index contributed by atoms with van der Waals surface area (Å²) in [6, 6.07) is 13.0. The summed E-state index contributed by atoms with van der Waals surface area (Å²) in [6.07, 6.45) is 3.02. The van der Waals surface area contributed by atoms with Crippen LogP contribution in [0.5, 0.6) is 5.75 Å². The maximum absolute atomic E-state index is 11.7. The molecule has 1 heterocycles. The van der Waals surface area contributed by atoms with Gasteiger partial charge >= 0.3 is 0 Å². The van der Waals surface area contributed by atoms with Crippen molar-refractivity contribution in [1.29, 1.82) is 0 Å². The second kappa shape index (κ2) is 9.18. The van der Waals surface area contributed by atoms with E-state index in [1.807, 2.05) is 31.2 Å². The smallest absolute Gasteiger partial charge is 0.137 e. The van der Waals surface area contributed by atoms with Crippen molar-refractivity contribution in [2.45, 2.75) is 30.1 Å². The number of aliphatic hydroxyl groups is 1. The van der Waals surface area contributed by atoms with Crippen molar-refractivity contribution in [1.82, 2.24) is 14.8 Å². The van der Waals surface area contributed by atoms with Gasteiger partial charge in [-0.1, -0.05) is 48.3 Å². The Morgan fingerprint density at radius 2 is 1.96 bits per heavy atom. The molecular formula is C20H21Cl2N3O2S. The number of nitrogens with zero attached hydrogens (tertiary/aromatic N) is 3. The highest BCUT2D eigenvalue weighted by molar-refractivity contribution is 7.99. The summed E-state index contributed by atoms with van der Waals surface area (Å²) >= 11 is 14.1. The molecule has 0 fully saturated rings. The molecular weight excluding hydrogens is 417 g/mol. The van der Waals surface area contributed by atoms with Gasteiger partial charge in [-0.2, -0.15) is 16.9 Å². The molecule has 3 rings (SSSR count). The lowest BCUT2D eigenvalue weighted by Crippen LogP contribution is -2.40. The Morgan fingerprint density at radius 1 is 1.21 bits per heavy atom. The number of ether oxygens (including phenoxy) is 1. The summed E-state index contributed by atoms with van der Waals surface area (Å²) in [5.74, 6) is 1.55. The third kappa shape index (κ3) is 4.81. The van der Waals surface area contributed by atoms with Gasteiger partial charge in [0.15, 0.2) is 0 Å². The first kappa shape index (κ1) is 21.0. The highest BCUT2D eigenvalue weighted by Crippen LogP contribution is 2.40. The standard InChI is InChI=1S/C20H21Cl2N3O2S/c1-14(28-10-15-3-6-17(27-2)7-4-15)20(26,11-25-13-23-12-24-25)18-8-5-16(21)9-19(18)22/h3-9,12-14,26H,10-11H2,1-2H3. The van der Waals surface area contributed by atoms with Crippen LogP contribution in [0.4, 0.5) is 0 Å². The van der Waals surface area contributed by atoms with Crippen LogP contribution in [0, 0.1) is 0 Å². The molecule has 8 heteroatoms. The Labute approximate surface area is 178 Å². The van der Waals surface area contributed by atoms with Crippen LogP contribution in [0.15, 0.2) is 55.1 Å². The maximum Gasteiger partial charge on any atom is 0.137 e. The Hall–Kier alpha value is -1.73. The molecule has 0 aliphatic carbocycles. The Kier molecular flexibility index (Phi) is 6.88. The number of rotatable bonds is 8. The van der Waals surface area contributed by atoms with Gasteiger partial charge in [-0.25, -0.2) is 9.67 Å². The van der Waals surface area contributed by atoms with Gasteiger partial charge in [0.25, 0.3) is 0 Å². The Bertz CT molecular complexity index is 906. The average molecular weight is 438 g/mol. The zero-order valence-corrected chi connectivity index (χ0v) is 17.9. The van der Waals surface area contributed by atoms with Crippen molar-refractivity contribution in [2.24, 2.45) is 0 Å².